The molecule has 0 spiro atoms. The molecule has 1 fully saturated rings. The summed E-state index contributed by atoms with van der Waals surface area (Å²) in [7, 11) is 1.71. The Morgan fingerprint density at radius 1 is 1.50 bits per heavy atom. The SMILES string of the molecule is COCCN(C)S(=O)(=O)C1CCCN(Cc2cc(C#N)n(C)c2)C1. The molecule has 7 nitrogen and oxygen atoms in total. The average Bonchev–Trinajstić information content (AvgIpc) is 2.92. The molecule has 0 N–H and O–H groups in total. The molecule has 2 rings (SSSR count). The van der Waals surface area contributed by atoms with Crippen LogP contribution < -0.4 is 0 Å². The van der Waals surface area contributed by atoms with E-state index in [0.29, 0.717) is 38.4 Å². The van der Waals surface area contributed by atoms with Gasteiger partial charge in [-0.3, -0.25) is 4.90 Å². The van der Waals surface area contributed by atoms with Crippen molar-refractivity contribution in [2.24, 2.45) is 7.05 Å². The fourth-order valence-corrected chi connectivity index (χ4v) is 4.79. The zero-order chi connectivity index (χ0) is 17.7. The number of ether oxygens (including phenoxy) is 1. The molecular formula is C16H26N4O3S. The number of nitrogens with zero attached hydrogens (tertiary/aromatic N) is 4. The predicted octanol–water partition coefficient (Wildman–Crippen LogP) is 0.769. The van der Waals surface area contributed by atoms with Gasteiger partial charge in [0.15, 0.2) is 0 Å². The summed E-state index contributed by atoms with van der Waals surface area (Å²) in [6.07, 6.45) is 3.48. The molecule has 0 saturated carbocycles. The van der Waals surface area contributed by atoms with Gasteiger partial charge >= 0.3 is 0 Å². The van der Waals surface area contributed by atoms with Crippen molar-refractivity contribution in [2.45, 2.75) is 24.6 Å². The molecule has 24 heavy (non-hydrogen) atoms. The number of likely N-dealkylation sites (N-methyl/N-ethyl adjacent to an activating group) is 1. The lowest BCUT2D eigenvalue weighted by molar-refractivity contribution is 0.182. The van der Waals surface area contributed by atoms with Crippen molar-refractivity contribution in [3.05, 3.63) is 23.5 Å². The van der Waals surface area contributed by atoms with E-state index in [1.165, 1.54) is 4.31 Å². The third-order valence-electron chi connectivity index (χ3n) is 4.51. The summed E-state index contributed by atoms with van der Waals surface area (Å²) in [5, 5.41) is 8.66. The van der Waals surface area contributed by atoms with Crippen LogP contribution in [-0.2, 0) is 28.4 Å². The monoisotopic (exact) mass is 354 g/mol. The van der Waals surface area contributed by atoms with Gasteiger partial charge in [0.05, 0.1) is 11.9 Å². The molecule has 1 aromatic rings. The van der Waals surface area contributed by atoms with Crippen LogP contribution in [0.3, 0.4) is 0 Å². The molecular weight excluding hydrogens is 328 g/mol. The second-order valence-electron chi connectivity index (χ2n) is 6.31. The molecule has 1 aromatic heterocycles. The number of piperidine rings is 1. The Bertz CT molecular complexity index is 693. The fraction of sp³-hybridized carbons (Fsp3) is 0.688. The third-order valence-corrected chi connectivity index (χ3v) is 6.79. The Hall–Kier alpha value is -1.40. The first-order chi connectivity index (χ1) is 11.4. The van der Waals surface area contributed by atoms with E-state index in [9.17, 15) is 8.42 Å². The number of nitriles is 1. The summed E-state index contributed by atoms with van der Waals surface area (Å²) in [5.41, 5.74) is 1.66. The van der Waals surface area contributed by atoms with Crippen LogP contribution in [0.25, 0.3) is 0 Å². The lowest BCUT2D eigenvalue weighted by atomic mass is 10.1. The molecule has 0 amide bonds. The number of aryl methyl sites for hydroxylation is 1. The molecule has 1 aliphatic rings. The highest BCUT2D eigenvalue weighted by Crippen LogP contribution is 2.21. The number of sulfonamides is 1. The van der Waals surface area contributed by atoms with Crippen LogP contribution in [0.4, 0.5) is 0 Å². The second kappa shape index (κ2) is 8.12. The minimum absolute atomic E-state index is 0.375. The molecule has 2 heterocycles. The number of aromatic nitrogens is 1. The van der Waals surface area contributed by atoms with Crippen molar-refractivity contribution in [1.29, 1.82) is 5.26 Å². The molecule has 134 valence electrons. The van der Waals surface area contributed by atoms with Gasteiger partial charge < -0.3 is 9.30 Å². The number of hydrogen-bond donors (Lipinski definition) is 0. The van der Waals surface area contributed by atoms with E-state index in [1.807, 2.05) is 19.3 Å². The maximum atomic E-state index is 12.7. The van der Waals surface area contributed by atoms with E-state index < -0.39 is 10.0 Å². The van der Waals surface area contributed by atoms with Crippen LogP contribution in [-0.4, -0.2) is 67.8 Å². The van der Waals surface area contributed by atoms with Gasteiger partial charge in [-0.2, -0.15) is 5.26 Å². The molecule has 0 aromatic carbocycles. The molecule has 0 aliphatic carbocycles. The highest BCUT2D eigenvalue weighted by Gasteiger charge is 2.33. The van der Waals surface area contributed by atoms with E-state index in [1.54, 1.807) is 18.7 Å². The smallest absolute Gasteiger partial charge is 0.218 e. The fourth-order valence-electron chi connectivity index (χ4n) is 3.09. The van der Waals surface area contributed by atoms with Crippen molar-refractivity contribution in [2.75, 3.05) is 40.4 Å². The summed E-state index contributed by atoms with van der Waals surface area (Å²) in [6.45, 7) is 2.84. The Labute approximate surface area is 144 Å². The number of likely N-dealkylation sites (tertiary alicyclic amines) is 1. The minimum atomic E-state index is -3.31. The quantitative estimate of drug-likeness (QED) is 0.723. The molecule has 1 aliphatic heterocycles. The second-order valence-corrected chi connectivity index (χ2v) is 8.63. The van der Waals surface area contributed by atoms with Gasteiger partial charge in [0, 0.05) is 47.0 Å². The maximum absolute atomic E-state index is 12.7. The largest absolute Gasteiger partial charge is 0.383 e. The van der Waals surface area contributed by atoms with E-state index >= 15 is 0 Å². The van der Waals surface area contributed by atoms with E-state index in [2.05, 4.69) is 11.0 Å². The number of methoxy groups -OCH3 is 1. The van der Waals surface area contributed by atoms with Gasteiger partial charge in [-0.25, -0.2) is 12.7 Å². The normalized spacial score (nSPS) is 19.5. The summed E-state index contributed by atoms with van der Waals surface area (Å²) in [6, 6.07) is 4.01. The van der Waals surface area contributed by atoms with Crippen molar-refractivity contribution in [3.63, 3.8) is 0 Å². The first kappa shape index (κ1) is 18.9. The van der Waals surface area contributed by atoms with Gasteiger partial charge in [-0.15, -0.1) is 0 Å². The zero-order valence-corrected chi connectivity index (χ0v) is 15.4. The summed E-state index contributed by atoms with van der Waals surface area (Å²) in [5.74, 6) is 0. The van der Waals surface area contributed by atoms with Gasteiger partial charge in [0.25, 0.3) is 0 Å². The topological polar surface area (TPSA) is 78.6 Å². The molecule has 1 saturated heterocycles. The van der Waals surface area contributed by atoms with Crippen LogP contribution in [0.2, 0.25) is 0 Å². The van der Waals surface area contributed by atoms with E-state index in [4.69, 9.17) is 10.00 Å². The van der Waals surface area contributed by atoms with Gasteiger partial charge in [-0.1, -0.05) is 0 Å². The van der Waals surface area contributed by atoms with Gasteiger partial charge in [0.1, 0.15) is 11.8 Å². The van der Waals surface area contributed by atoms with Crippen molar-refractivity contribution >= 4 is 10.0 Å². The standard InChI is InChI=1S/C16H26N4O3S/c1-18-11-14(9-15(18)10-17)12-20-6-4-5-16(13-20)24(21,22)19(2)7-8-23-3/h9,11,16H,4-8,12-13H2,1-3H3. The molecule has 0 radical (unpaired) electrons. The molecule has 1 unspecified atom stereocenters. The molecule has 0 bridgehead atoms. The number of rotatable bonds is 7. The predicted molar refractivity (Wildman–Crippen MR) is 91.9 cm³/mol. The Balaban J connectivity index is 2.01. The Kier molecular flexibility index (Phi) is 6.40. The van der Waals surface area contributed by atoms with Crippen LogP contribution in [0.5, 0.6) is 0 Å². The first-order valence-corrected chi connectivity index (χ1v) is 9.60. The summed E-state index contributed by atoms with van der Waals surface area (Å²) in [4.78, 5) is 2.16. The summed E-state index contributed by atoms with van der Waals surface area (Å²) < 4.78 is 33.6. The van der Waals surface area contributed by atoms with Gasteiger partial charge in [-0.05, 0) is 31.0 Å². The van der Waals surface area contributed by atoms with Crippen molar-refractivity contribution < 1.29 is 13.2 Å². The molecule has 1 atom stereocenters. The lowest BCUT2D eigenvalue weighted by Gasteiger charge is -2.34. The van der Waals surface area contributed by atoms with Crippen LogP contribution in [0.1, 0.15) is 24.1 Å². The number of hydrogen-bond acceptors (Lipinski definition) is 5. The van der Waals surface area contributed by atoms with Gasteiger partial charge in [0.2, 0.25) is 10.0 Å². The lowest BCUT2D eigenvalue weighted by Crippen LogP contribution is -2.47. The minimum Gasteiger partial charge on any atom is -0.383 e. The summed E-state index contributed by atoms with van der Waals surface area (Å²) >= 11 is 0. The third kappa shape index (κ3) is 4.36. The van der Waals surface area contributed by atoms with Crippen molar-refractivity contribution in [1.82, 2.24) is 13.8 Å². The average molecular weight is 354 g/mol. The van der Waals surface area contributed by atoms with Crippen LogP contribution in [0.15, 0.2) is 12.3 Å². The Morgan fingerprint density at radius 3 is 2.88 bits per heavy atom. The Morgan fingerprint density at radius 2 is 2.25 bits per heavy atom. The van der Waals surface area contributed by atoms with Crippen LogP contribution in [0, 0.1) is 11.3 Å². The van der Waals surface area contributed by atoms with Crippen molar-refractivity contribution in [3.8, 4) is 6.07 Å². The highest BCUT2D eigenvalue weighted by atomic mass is 32.2. The first-order valence-electron chi connectivity index (χ1n) is 8.10. The van der Waals surface area contributed by atoms with Crippen LogP contribution >= 0.6 is 0 Å². The zero-order valence-electron chi connectivity index (χ0n) is 14.6. The van der Waals surface area contributed by atoms with E-state index in [0.717, 1.165) is 18.5 Å². The molecule has 8 heteroatoms. The van der Waals surface area contributed by atoms with E-state index in [-0.39, 0.29) is 5.25 Å². The highest BCUT2D eigenvalue weighted by molar-refractivity contribution is 7.89. The maximum Gasteiger partial charge on any atom is 0.218 e.